The standard InChI is InChI=1S/C15H13BrFN3O2.C15H13BrFN3O/c1-2-20-7-9(6-18-20)15(21)12-8-22-19-14(12)11-4-3-10(17)5-13(11)16;1-2-20-8-10(7-18-20)5-11-9-21-19-15(11)13-4-3-12(17)6-14(13)16/h3-8,15,21H,2H2,1H3;3-4,6-9H,2,5H2,1H3. The zero-order chi connectivity index (χ0) is 30.5. The average molecular weight is 716 g/mol. The van der Waals surface area contributed by atoms with E-state index in [-0.39, 0.29) is 11.6 Å². The second-order valence-electron chi connectivity index (χ2n) is 9.47. The zero-order valence-electron chi connectivity index (χ0n) is 23.1. The molecule has 4 heterocycles. The van der Waals surface area contributed by atoms with E-state index in [0.29, 0.717) is 50.0 Å². The predicted molar refractivity (Wildman–Crippen MR) is 162 cm³/mol. The van der Waals surface area contributed by atoms with Gasteiger partial charge in [0.1, 0.15) is 41.7 Å². The maximum absolute atomic E-state index is 13.2. The number of hydrogen-bond acceptors (Lipinski definition) is 7. The lowest BCUT2D eigenvalue weighted by molar-refractivity contribution is 0.219. The Morgan fingerprint density at radius 1 is 0.814 bits per heavy atom. The molecule has 0 spiro atoms. The van der Waals surface area contributed by atoms with Crippen LogP contribution in [0.15, 0.2) is 91.7 Å². The molecule has 6 rings (SSSR count). The number of aryl methyl sites for hydroxylation is 2. The van der Waals surface area contributed by atoms with Gasteiger partial charge in [-0.1, -0.05) is 10.3 Å². The molecule has 1 N–H and O–H groups in total. The minimum atomic E-state index is -0.918. The first kappa shape index (κ1) is 30.5. The molecule has 0 radical (unpaired) electrons. The fourth-order valence-corrected chi connectivity index (χ4v) is 5.45. The van der Waals surface area contributed by atoms with Crippen LogP contribution in [0.1, 0.15) is 42.2 Å². The molecule has 6 aromatic rings. The Morgan fingerprint density at radius 2 is 1.40 bits per heavy atom. The lowest BCUT2D eigenvalue weighted by Gasteiger charge is -2.09. The molecule has 0 aliphatic heterocycles. The van der Waals surface area contributed by atoms with Crippen LogP contribution in [-0.4, -0.2) is 35.0 Å². The minimum Gasteiger partial charge on any atom is -0.383 e. The highest BCUT2D eigenvalue weighted by molar-refractivity contribution is 9.11. The van der Waals surface area contributed by atoms with Crippen molar-refractivity contribution in [1.82, 2.24) is 29.9 Å². The van der Waals surface area contributed by atoms with Crippen LogP contribution < -0.4 is 0 Å². The molecule has 0 saturated heterocycles. The monoisotopic (exact) mass is 714 g/mol. The van der Waals surface area contributed by atoms with E-state index in [1.165, 1.54) is 30.5 Å². The topological polar surface area (TPSA) is 108 Å². The van der Waals surface area contributed by atoms with Crippen LogP contribution in [0.25, 0.3) is 22.5 Å². The number of rotatable bonds is 8. The van der Waals surface area contributed by atoms with Gasteiger partial charge in [0.25, 0.3) is 0 Å². The third kappa shape index (κ3) is 7.00. The summed E-state index contributed by atoms with van der Waals surface area (Å²) in [6.07, 6.45) is 9.96. The van der Waals surface area contributed by atoms with Crippen LogP contribution in [0.5, 0.6) is 0 Å². The van der Waals surface area contributed by atoms with Crippen molar-refractivity contribution in [3.8, 4) is 22.5 Å². The number of aliphatic hydroxyl groups excluding tert-OH is 1. The van der Waals surface area contributed by atoms with Gasteiger partial charge in [-0.05, 0) is 87.7 Å². The normalized spacial score (nSPS) is 11.8. The number of halogens is 4. The molecule has 0 fully saturated rings. The quantitative estimate of drug-likeness (QED) is 0.173. The summed E-state index contributed by atoms with van der Waals surface area (Å²) in [5, 5.41) is 26.9. The number of aromatic nitrogens is 6. The van der Waals surface area contributed by atoms with Crippen molar-refractivity contribution in [2.75, 3.05) is 0 Å². The second kappa shape index (κ2) is 13.6. The summed E-state index contributed by atoms with van der Waals surface area (Å²) >= 11 is 6.67. The first-order chi connectivity index (χ1) is 20.8. The van der Waals surface area contributed by atoms with E-state index in [2.05, 4.69) is 52.4 Å². The van der Waals surface area contributed by atoms with Crippen molar-refractivity contribution >= 4 is 31.9 Å². The summed E-state index contributed by atoms with van der Waals surface area (Å²) in [6, 6.07) is 8.78. The van der Waals surface area contributed by atoms with Crippen molar-refractivity contribution in [3.05, 3.63) is 117 Å². The Morgan fingerprint density at radius 3 is 2.00 bits per heavy atom. The maximum atomic E-state index is 13.2. The molecule has 4 aromatic heterocycles. The molecule has 0 bridgehead atoms. The summed E-state index contributed by atoms with van der Waals surface area (Å²) < 4.78 is 41.3. The average Bonchev–Trinajstić information content (AvgIpc) is 3.81. The van der Waals surface area contributed by atoms with E-state index >= 15 is 0 Å². The van der Waals surface area contributed by atoms with Crippen LogP contribution in [0.4, 0.5) is 8.78 Å². The van der Waals surface area contributed by atoms with Gasteiger partial charge in [0.05, 0.1) is 18.0 Å². The molecule has 9 nitrogen and oxygen atoms in total. The number of nitrogens with zero attached hydrogens (tertiary/aromatic N) is 6. The molecule has 13 heteroatoms. The molecule has 1 unspecified atom stereocenters. The maximum Gasteiger partial charge on any atom is 0.130 e. The third-order valence-electron chi connectivity index (χ3n) is 6.61. The summed E-state index contributed by atoms with van der Waals surface area (Å²) in [5.74, 6) is -0.648. The van der Waals surface area contributed by atoms with Gasteiger partial charge in [-0.15, -0.1) is 0 Å². The van der Waals surface area contributed by atoms with Gasteiger partial charge in [0.2, 0.25) is 0 Å². The number of aliphatic hydroxyl groups is 1. The minimum absolute atomic E-state index is 0.292. The lowest BCUT2D eigenvalue weighted by atomic mass is 10.0. The van der Waals surface area contributed by atoms with E-state index in [0.717, 1.165) is 23.2 Å². The molecule has 43 heavy (non-hydrogen) atoms. The van der Waals surface area contributed by atoms with Crippen molar-refractivity contribution in [3.63, 3.8) is 0 Å². The molecule has 1 atom stereocenters. The largest absolute Gasteiger partial charge is 0.383 e. The first-order valence-corrected chi connectivity index (χ1v) is 14.9. The van der Waals surface area contributed by atoms with Gasteiger partial charge in [-0.2, -0.15) is 10.2 Å². The number of benzene rings is 2. The SMILES string of the molecule is CCn1cc(C(O)c2conc2-c2ccc(F)cc2Br)cn1.CCn1cc(Cc2conc2-c2ccc(F)cc2Br)cn1. The summed E-state index contributed by atoms with van der Waals surface area (Å²) in [6.45, 7) is 5.55. The van der Waals surface area contributed by atoms with E-state index in [1.54, 1.807) is 35.5 Å². The summed E-state index contributed by atoms with van der Waals surface area (Å²) in [4.78, 5) is 0. The smallest absolute Gasteiger partial charge is 0.130 e. The molecular formula is C30H26Br2F2N6O3. The molecular weight excluding hydrogens is 690 g/mol. The Labute approximate surface area is 262 Å². The van der Waals surface area contributed by atoms with Gasteiger partial charge in [0.15, 0.2) is 0 Å². The van der Waals surface area contributed by atoms with Gasteiger partial charge >= 0.3 is 0 Å². The van der Waals surface area contributed by atoms with Crippen LogP contribution in [-0.2, 0) is 19.5 Å². The van der Waals surface area contributed by atoms with E-state index in [1.807, 2.05) is 30.9 Å². The van der Waals surface area contributed by atoms with Crippen LogP contribution >= 0.6 is 31.9 Å². The van der Waals surface area contributed by atoms with Crippen molar-refractivity contribution < 1.29 is 22.9 Å². The van der Waals surface area contributed by atoms with Gasteiger partial charge < -0.3 is 14.2 Å². The highest BCUT2D eigenvalue weighted by atomic mass is 79.9. The van der Waals surface area contributed by atoms with E-state index in [9.17, 15) is 13.9 Å². The highest BCUT2D eigenvalue weighted by Crippen LogP contribution is 2.35. The molecule has 0 aliphatic carbocycles. The Bertz CT molecular complexity index is 1830. The van der Waals surface area contributed by atoms with Crippen molar-refractivity contribution in [2.45, 2.75) is 39.5 Å². The fourth-order valence-electron chi connectivity index (χ4n) is 4.37. The van der Waals surface area contributed by atoms with Crippen LogP contribution in [0, 0.1) is 11.6 Å². The third-order valence-corrected chi connectivity index (χ3v) is 7.92. The molecule has 0 amide bonds. The fraction of sp³-hybridized carbons (Fsp3) is 0.200. The Kier molecular flexibility index (Phi) is 9.63. The van der Waals surface area contributed by atoms with Gasteiger partial charge in [-0.3, -0.25) is 9.36 Å². The van der Waals surface area contributed by atoms with Gasteiger partial charge in [-0.25, -0.2) is 8.78 Å². The van der Waals surface area contributed by atoms with Gasteiger partial charge in [0, 0.05) is 63.1 Å². The predicted octanol–water partition coefficient (Wildman–Crippen LogP) is 7.59. The second-order valence-corrected chi connectivity index (χ2v) is 11.2. The first-order valence-electron chi connectivity index (χ1n) is 13.3. The zero-order valence-corrected chi connectivity index (χ0v) is 26.3. The van der Waals surface area contributed by atoms with Crippen LogP contribution in [0.3, 0.4) is 0 Å². The summed E-state index contributed by atoms with van der Waals surface area (Å²) in [5.41, 5.74) is 5.80. The molecule has 0 saturated carbocycles. The van der Waals surface area contributed by atoms with Crippen molar-refractivity contribution in [2.24, 2.45) is 0 Å². The Balaban J connectivity index is 0.000000171. The lowest BCUT2D eigenvalue weighted by Crippen LogP contribution is -2.00. The van der Waals surface area contributed by atoms with E-state index < -0.39 is 6.10 Å². The van der Waals surface area contributed by atoms with Crippen molar-refractivity contribution in [1.29, 1.82) is 0 Å². The molecule has 0 aliphatic rings. The highest BCUT2D eigenvalue weighted by Gasteiger charge is 2.22. The Hall–Kier alpha value is -3.94. The molecule has 2 aromatic carbocycles. The van der Waals surface area contributed by atoms with Crippen LogP contribution in [0.2, 0.25) is 0 Å². The summed E-state index contributed by atoms with van der Waals surface area (Å²) in [7, 11) is 0. The molecule has 222 valence electrons. The van der Waals surface area contributed by atoms with E-state index in [4.69, 9.17) is 9.05 Å². The number of hydrogen-bond donors (Lipinski definition) is 1.